The molecule has 12 heavy (non-hydrogen) atoms. The van der Waals surface area contributed by atoms with Gasteiger partial charge in [0, 0.05) is 6.42 Å². The van der Waals surface area contributed by atoms with Crippen molar-refractivity contribution in [2.24, 2.45) is 0 Å². The second kappa shape index (κ2) is 5.04. The van der Waals surface area contributed by atoms with Crippen molar-refractivity contribution in [3.05, 3.63) is 0 Å². The lowest BCUT2D eigenvalue weighted by molar-refractivity contribution is -0.149. The van der Waals surface area contributed by atoms with E-state index in [1.807, 2.05) is 0 Å². The van der Waals surface area contributed by atoms with Crippen LogP contribution in [0.2, 0.25) is 0 Å². The maximum Gasteiger partial charge on any atom is 0.332 e. The van der Waals surface area contributed by atoms with E-state index in [0.29, 0.717) is 0 Å². The molecule has 0 saturated heterocycles. The van der Waals surface area contributed by atoms with Crippen LogP contribution in [0.4, 0.5) is 0 Å². The summed E-state index contributed by atoms with van der Waals surface area (Å²) >= 11 is 0. The van der Waals surface area contributed by atoms with Crippen molar-refractivity contribution in [3.8, 4) is 0 Å². The molecule has 5 N–H and O–H groups in total. The van der Waals surface area contributed by atoms with Gasteiger partial charge in [0.25, 0.3) is 0 Å². The molecule has 0 aliphatic rings. The second-order valence-electron chi connectivity index (χ2n) is 2.41. The lowest BCUT2D eigenvalue weighted by atomic mass is 10.1. The monoisotopic (exact) mass is 180 g/mol. The van der Waals surface area contributed by atoms with Crippen LogP contribution in [0.5, 0.6) is 0 Å². The molecule has 6 heteroatoms. The van der Waals surface area contributed by atoms with Crippen LogP contribution in [-0.4, -0.2) is 56.4 Å². The van der Waals surface area contributed by atoms with Crippen molar-refractivity contribution in [1.82, 2.24) is 0 Å². The number of carbonyl (C=O) groups is 1. The average molecular weight is 180 g/mol. The van der Waals surface area contributed by atoms with Crippen molar-refractivity contribution in [2.45, 2.75) is 24.7 Å². The molecule has 0 heterocycles. The smallest absolute Gasteiger partial charge is 0.332 e. The molecule has 0 bridgehead atoms. The van der Waals surface area contributed by atoms with E-state index in [0.717, 1.165) is 0 Å². The van der Waals surface area contributed by atoms with E-state index >= 15 is 0 Å². The summed E-state index contributed by atoms with van der Waals surface area (Å²) in [6.07, 6.45) is -5.07. The molecule has 0 spiro atoms. The van der Waals surface area contributed by atoms with Crippen molar-refractivity contribution >= 4 is 5.97 Å². The van der Waals surface area contributed by atoms with E-state index in [1.54, 1.807) is 0 Å². The number of hydrogen-bond acceptors (Lipinski definition) is 5. The number of aliphatic carboxylic acids is 1. The summed E-state index contributed by atoms with van der Waals surface area (Å²) in [6, 6.07) is 0. The molecule has 0 amide bonds. The Morgan fingerprint density at radius 1 is 1.17 bits per heavy atom. The van der Waals surface area contributed by atoms with Gasteiger partial charge in [0.15, 0.2) is 6.10 Å². The molecule has 0 fully saturated rings. The average Bonchev–Trinajstić information content (AvgIpc) is 2.02. The molecule has 0 rings (SSSR count). The molecule has 0 aromatic carbocycles. The van der Waals surface area contributed by atoms with Crippen LogP contribution in [-0.2, 0) is 4.79 Å². The van der Waals surface area contributed by atoms with Crippen molar-refractivity contribution in [3.63, 3.8) is 0 Å². The van der Waals surface area contributed by atoms with Gasteiger partial charge in [-0.3, -0.25) is 0 Å². The Morgan fingerprint density at radius 3 is 2.00 bits per heavy atom. The van der Waals surface area contributed by atoms with Gasteiger partial charge in [-0.2, -0.15) is 0 Å². The van der Waals surface area contributed by atoms with Crippen LogP contribution in [0.15, 0.2) is 0 Å². The molecule has 72 valence electrons. The normalized spacial score (nSPS) is 18.3. The lowest BCUT2D eigenvalue weighted by Gasteiger charge is -2.16. The lowest BCUT2D eigenvalue weighted by Crippen LogP contribution is -2.35. The van der Waals surface area contributed by atoms with Gasteiger partial charge >= 0.3 is 5.97 Å². The Morgan fingerprint density at radius 2 is 1.67 bits per heavy atom. The molecule has 0 aromatic rings. The Hall–Kier alpha value is -0.690. The zero-order valence-electron chi connectivity index (χ0n) is 6.29. The Balaban J connectivity index is 3.83. The summed E-state index contributed by atoms with van der Waals surface area (Å²) < 4.78 is 0. The van der Waals surface area contributed by atoms with E-state index in [4.69, 9.17) is 25.5 Å². The van der Waals surface area contributed by atoms with E-state index in [1.165, 1.54) is 0 Å². The number of hydrogen-bond donors (Lipinski definition) is 5. The molecule has 0 aliphatic heterocycles. The largest absolute Gasteiger partial charge is 0.479 e. The first-order valence-electron chi connectivity index (χ1n) is 3.37. The summed E-state index contributed by atoms with van der Waals surface area (Å²) in [5.74, 6) is -1.47. The molecule has 0 saturated carbocycles. The van der Waals surface area contributed by atoms with Crippen LogP contribution in [0.25, 0.3) is 0 Å². The molecule has 0 unspecified atom stereocenters. The Kier molecular flexibility index (Phi) is 4.75. The first-order chi connectivity index (χ1) is 5.49. The molecule has 3 atom stereocenters. The minimum absolute atomic E-state index is 0.503. The van der Waals surface area contributed by atoms with Crippen molar-refractivity contribution in [1.29, 1.82) is 0 Å². The van der Waals surface area contributed by atoms with Gasteiger partial charge in [0.2, 0.25) is 0 Å². The fourth-order valence-corrected chi connectivity index (χ4v) is 0.608. The summed E-state index contributed by atoms with van der Waals surface area (Å²) in [5.41, 5.74) is 0. The van der Waals surface area contributed by atoms with Crippen LogP contribution < -0.4 is 0 Å². The van der Waals surface area contributed by atoms with Crippen molar-refractivity contribution in [2.75, 3.05) is 6.61 Å². The van der Waals surface area contributed by atoms with Gasteiger partial charge in [-0.25, -0.2) is 4.79 Å². The zero-order valence-corrected chi connectivity index (χ0v) is 6.29. The van der Waals surface area contributed by atoms with Crippen LogP contribution >= 0.6 is 0 Å². The first kappa shape index (κ1) is 11.3. The third kappa shape index (κ3) is 3.63. The fraction of sp³-hybridized carbons (Fsp3) is 0.833. The molecule has 0 aliphatic carbocycles. The van der Waals surface area contributed by atoms with E-state index in [9.17, 15) is 4.79 Å². The topological polar surface area (TPSA) is 118 Å². The highest BCUT2D eigenvalue weighted by molar-refractivity contribution is 5.71. The first-order valence-corrected chi connectivity index (χ1v) is 3.37. The van der Waals surface area contributed by atoms with Gasteiger partial charge in [-0.15, -0.1) is 0 Å². The Bertz CT molecular complexity index is 147. The maximum atomic E-state index is 10.0. The minimum atomic E-state index is -1.72. The van der Waals surface area contributed by atoms with E-state index in [2.05, 4.69) is 0 Å². The molecule has 0 aromatic heterocycles. The zero-order chi connectivity index (χ0) is 9.72. The van der Waals surface area contributed by atoms with Gasteiger partial charge < -0.3 is 25.5 Å². The third-order valence-electron chi connectivity index (χ3n) is 1.38. The van der Waals surface area contributed by atoms with Gasteiger partial charge in [0.1, 0.15) is 6.10 Å². The number of aliphatic hydroxyl groups excluding tert-OH is 4. The molecule has 6 nitrogen and oxygen atoms in total. The highest BCUT2D eigenvalue weighted by atomic mass is 16.4. The molecule has 0 radical (unpaired) electrons. The van der Waals surface area contributed by atoms with Gasteiger partial charge in [0.05, 0.1) is 12.7 Å². The SMILES string of the molecule is O=C(O)[C@@H](O)C[C@H](O)[C@H](O)CO. The van der Waals surface area contributed by atoms with E-state index < -0.39 is 37.3 Å². The third-order valence-corrected chi connectivity index (χ3v) is 1.38. The Labute approximate surface area is 68.7 Å². The quantitative estimate of drug-likeness (QED) is 0.320. The molecular weight excluding hydrogens is 168 g/mol. The number of carboxylic acids is 1. The summed E-state index contributed by atoms with van der Waals surface area (Å²) in [7, 11) is 0. The minimum Gasteiger partial charge on any atom is -0.479 e. The number of carboxylic acid groups (broad SMARTS) is 1. The van der Waals surface area contributed by atoms with Crippen LogP contribution in [0.3, 0.4) is 0 Å². The highest BCUT2D eigenvalue weighted by Crippen LogP contribution is 2.02. The van der Waals surface area contributed by atoms with Gasteiger partial charge in [-0.1, -0.05) is 0 Å². The van der Waals surface area contributed by atoms with Crippen molar-refractivity contribution < 1.29 is 30.3 Å². The van der Waals surface area contributed by atoms with Crippen LogP contribution in [0, 0.1) is 0 Å². The van der Waals surface area contributed by atoms with Crippen LogP contribution in [0.1, 0.15) is 6.42 Å². The summed E-state index contributed by atoms with van der Waals surface area (Å²) in [6.45, 7) is -0.673. The standard InChI is InChI=1S/C6H12O6/c7-2-5(10)3(8)1-4(9)6(11)12/h3-5,7-10H,1-2H2,(H,11,12)/t3-,4-,5+/m0/s1. The maximum absolute atomic E-state index is 10.0. The number of aliphatic hydroxyl groups is 4. The van der Waals surface area contributed by atoms with E-state index in [-0.39, 0.29) is 0 Å². The second-order valence-corrected chi connectivity index (χ2v) is 2.41. The fourth-order valence-electron chi connectivity index (χ4n) is 0.608. The molecular formula is C6H12O6. The summed E-state index contributed by atoms with van der Waals surface area (Å²) in [4.78, 5) is 10.0. The predicted molar refractivity (Wildman–Crippen MR) is 37.4 cm³/mol. The number of rotatable bonds is 5. The summed E-state index contributed by atoms with van der Waals surface area (Å²) in [5, 5.41) is 42.8. The highest BCUT2D eigenvalue weighted by Gasteiger charge is 2.23. The van der Waals surface area contributed by atoms with Gasteiger partial charge in [-0.05, 0) is 0 Å². The predicted octanol–water partition coefficient (Wildman–Crippen LogP) is -2.46.